The molecule has 0 aromatic heterocycles. The van der Waals surface area contributed by atoms with Crippen molar-refractivity contribution in [3.8, 4) is 0 Å². The second kappa shape index (κ2) is 7.13. The quantitative estimate of drug-likeness (QED) is 0.780. The van der Waals surface area contributed by atoms with Gasteiger partial charge in [0.15, 0.2) is 0 Å². The SMILES string of the molecule is CCCC(C)CNC1CC(NC(=O)OC(C)(C)C)C1. The Kier molecular flexibility index (Phi) is 6.11. The van der Waals surface area contributed by atoms with E-state index in [0.29, 0.717) is 6.04 Å². The van der Waals surface area contributed by atoms with Crippen molar-refractivity contribution in [2.24, 2.45) is 5.92 Å². The average molecular weight is 270 g/mol. The molecular weight excluding hydrogens is 240 g/mol. The molecular formula is C15H30N2O2. The first kappa shape index (κ1) is 16.3. The van der Waals surface area contributed by atoms with Crippen LogP contribution in [-0.4, -0.2) is 30.3 Å². The second-order valence-electron chi connectivity index (χ2n) is 6.81. The Balaban J connectivity index is 2.08. The predicted octanol–water partition coefficient (Wildman–Crippen LogP) is 3.07. The van der Waals surface area contributed by atoms with Crippen molar-refractivity contribution in [2.75, 3.05) is 6.54 Å². The van der Waals surface area contributed by atoms with E-state index in [-0.39, 0.29) is 12.1 Å². The topological polar surface area (TPSA) is 50.4 Å². The van der Waals surface area contributed by atoms with Crippen molar-refractivity contribution >= 4 is 6.09 Å². The van der Waals surface area contributed by atoms with Crippen molar-refractivity contribution in [3.05, 3.63) is 0 Å². The molecule has 1 rings (SSSR count). The molecule has 1 amide bonds. The van der Waals surface area contributed by atoms with E-state index in [1.807, 2.05) is 20.8 Å². The molecule has 0 aromatic carbocycles. The van der Waals surface area contributed by atoms with E-state index >= 15 is 0 Å². The van der Waals surface area contributed by atoms with E-state index in [1.165, 1.54) is 12.8 Å². The molecule has 0 saturated heterocycles. The zero-order valence-electron chi connectivity index (χ0n) is 13.1. The Morgan fingerprint density at radius 3 is 2.47 bits per heavy atom. The molecule has 0 bridgehead atoms. The van der Waals surface area contributed by atoms with Gasteiger partial charge in [0, 0.05) is 12.1 Å². The number of ether oxygens (including phenoxy) is 1. The van der Waals surface area contributed by atoms with Crippen molar-refractivity contribution in [3.63, 3.8) is 0 Å². The number of hydrogen-bond acceptors (Lipinski definition) is 3. The van der Waals surface area contributed by atoms with Crippen molar-refractivity contribution < 1.29 is 9.53 Å². The maximum absolute atomic E-state index is 11.6. The summed E-state index contributed by atoms with van der Waals surface area (Å²) in [5, 5.41) is 6.48. The highest BCUT2D eigenvalue weighted by Crippen LogP contribution is 2.21. The maximum atomic E-state index is 11.6. The van der Waals surface area contributed by atoms with Gasteiger partial charge in [0.25, 0.3) is 0 Å². The first-order chi connectivity index (χ1) is 8.80. The summed E-state index contributed by atoms with van der Waals surface area (Å²) in [7, 11) is 0. The van der Waals surface area contributed by atoms with Crippen molar-refractivity contribution in [2.45, 2.75) is 78.0 Å². The maximum Gasteiger partial charge on any atom is 0.407 e. The third-order valence-corrected chi connectivity index (χ3v) is 3.40. The van der Waals surface area contributed by atoms with Crippen LogP contribution < -0.4 is 10.6 Å². The number of carbonyl (C=O) groups excluding carboxylic acids is 1. The fraction of sp³-hybridized carbons (Fsp3) is 0.933. The molecule has 1 saturated carbocycles. The van der Waals surface area contributed by atoms with E-state index in [2.05, 4.69) is 24.5 Å². The molecule has 1 aliphatic carbocycles. The van der Waals surface area contributed by atoms with Crippen LogP contribution in [0.3, 0.4) is 0 Å². The van der Waals surface area contributed by atoms with Gasteiger partial charge in [-0.2, -0.15) is 0 Å². The second-order valence-corrected chi connectivity index (χ2v) is 6.81. The number of amides is 1. The fourth-order valence-electron chi connectivity index (χ4n) is 2.34. The van der Waals surface area contributed by atoms with E-state index in [0.717, 1.165) is 25.3 Å². The molecule has 112 valence electrons. The van der Waals surface area contributed by atoms with Crippen LogP contribution in [0.1, 0.15) is 60.3 Å². The molecule has 2 N–H and O–H groups in total. The first-order valence-corrected chi connectivity index (χ1v) is 7.53. The molecule has 4 nitrogen and oxygen atoms in total. The van der Waals surface area contributed by atoms with Gasteiger partial charge in [0.05, 0.1) is 0 Å². The number of hydrogen-bond donors (Lipinski definition) is 2. The summed E-state index contributed by atoms with van der Waals surface area (Å²) in [6.07, 6.45) is 4.25. The van der Waals surface area contributed by atoms with Crippen LogP contribution in [0.4, 0.5) is 4.79 Å². The van der Waals surface area contributed by atoms with Crippen LogP contribution in [0, 0.1) is 5.92 Å². The van der Waals surface area contributed by atoms with Gasteiger partial charge < -0.3 is 15.4 Å². The molecule has 0 aliphatic heterocycles. The molecule has 1 atom stereocenters. The van der Waals surface area contributed by atoms with Gasteiger partial charge in [-0.1, -0.05) is 20.3 Å². The monoisotopic (exact) mass is 270 g/mol. The Bertz CT molecular complexity index is 280. The van der Waals surface area contributed by atoms with Gasteiger partial charge in [0.1, 0.15) is 5.60 Å². The van der Waals surface area contributed by atoms with Gasteiger partial charge in [-0.3, -0.25) is 0 Å². The zero-order valence-corrected chi connectivity index (χ0v) is 13.1. The van der Waals surface area contributed by atoms with E-state index in [1.54, 1.807) is 0 Å². The summed E-state index contributed by atoms with van der Waals surface area (Å²) in [5.74, 6) is 0.739. The lowest BCUT2D eigenvalue weighted by atomic mass is 9.86. The number of alkyl carbamates (subject to hydrolysis) is 1. The lowest BCUT2D eigenvalue weighted by Crippen LogP contribution is -2.53. The van der Waals surface area contributed by atoms with Crippen LogP contribution >= 0.6 is 0 Å². The fourth-order valence-corrected chi connectivity index (χ4v) is 2.34. The van der Waals surface area contributed by atoms with Crippen LogP contribution in [-0.2, 0) is 4.74 Å². The highest BCUT2D eigenvalue weighted by atomic mass is 16.6. The predicted molar refractivity (Wildman–Crippen MR) is 78.3 cm³/mol. The Morgan fingerprint density at radius 2 is 1.95 bits per heavy atom. The van der Waals surface area contributed by atoms with Crippen LogP contribution in [0.15, 0.2) is 0 Å². The molecule has 1 aliphatic rings. The smallest absolute Gasteiger partial charge is 0.407 e. The van der Waals surface area contributed by atoms with Gasteiger partial charge in [-0.25, -0.2) is 4.79 Å². The highest BCUT2D eigenvalue weighted by Gasteiger charge is 2.31. The van der Waals surface area contributed by atoms with E-state index in [9.17, 15) is 4.79 Å². The summed E-state index contributed by atoms with van der Waals surface area (Å²) in [5.41, 5.74) is -0.416. The lowest BCUT2D eigenvalue weighted by molar-refractivity contribution is 0.0464. The van der Waals surface area contributed by atoms with Gasteiger partial charge in [0.2, 0.25) is 0 Å². The third-order valence-electron chi connectivity index (χ3n) is 3.40. The van der Waals surface area contributed by atoms with Crippen molar-refractivity contribution in [1.82, 2.24) is 10.6 Å². The Hall–Kier alpha value is -0.770. The molecule has 0 radical (unpaired) electrons. The Labute approximate surface area is 117 Å². The van der Waals surface area contributed by atoms with Crippen LogP contribution in [0.25, 0.3) is 0 Å². The largest absolute Gasteiger partial charge is 0.444 e. The minimum atomic E-state index is -0.416. The summed E-state index contributed by atoms with van der Waals surface area (Å²) in [6.45, 7) is 11.2. The molecule has 1 fully saturated rings. The third kappa shape index (κ3) is 6.81. The Morgan fingerprint density at radius 1 is 1.32 bits per heavy atom. The number of nitrogens with one attached hydrogen (secondary N) is 2. The minimum Gasteiger partial charge on any atom is -0.444 e. The highest BCUT2D eigenvalue weighted by molar-refractivity contribution is 5.68. The first-order valence-electron chi connectivity index (χ1n) is 7.53. The minimum absolute atomic E-state index is 0.272. The summed E-state index contributed by atoms with van der Waals surface area (Å²) < 4.78 is 5.24. The molecule has 1 unspecified atom stereocenters. The van der Waals surface area contributed by atoms with Crippen LogP contribution in [0.5, 0.6) is 0 Å². The van der Waals surface area contributed by atoms with Crippen molar-refractivity contribution in [1.29, 1.82) is 0 Å². The summed E-state index contributed by atoms with van der Waals surface area (Å²) in [6, 6.07) is 0.827. The standard InChI is InChI=1S/C15H30N2O2/c1-6-7-11(2)10-16-12-8-13(9-12)17-14(18)19-15(3,4)5/h11-13,16H,6-10H2,1-5H3,(H,17,18). The zero-order chi connectivity index (χ0) is 14.5. The van der Waals surface area contributed by atoms with Gasteiger partial charge in [-0.05, 0) is 52.5 Å². The molecule has 0 aromatic rings. The summed E-state index contributed by atoms with van der Waals surface area (Å²) >= 11 is 0. The number of rotatable bonds is 6. The van der Waals surface area contributed by atoms with Gasteiger partial charge in [-0.15, -0.1) is 0 Å². The van der Waals surface area contributed by atoms with Gasteiger partial charge >= 0.3 is 6.09 Å². The van der Waals surface area contributed by atoms with E-state index < -0.39 is 5.60 Å². The molecule has 19 heavy (non-hydrogen) atoms. The summed E-state index contributed by atoms with van der Waals surface area (Å²) in [4.78, 5) is 11.6. The lowest BCUT2D eigenvalue weighted by Gasteiger charge is -2.37. The van der Waals surface area contributed by atoms with E-state index in [4.69, 9.17) is 4.74 Å². The molecule has 4 heteroatoms. The number of carbonyl (C=O) groups is 1. The average Bonchev–Trinajstić information content (AvgIpc) is 2.18. The molecule has 0 heterocycles. The van der Waals surface area contributed by atoms with Crippen LogP contribution in [0.2, 0.25) is 0 Å². The normalized spacial score (nSPS) is 24.5. The molecule has 0 spiro atoms.